The van der Waals surface area contributed by atoms with Crippen molar-refractivity contribution in [2.75, 3.05) is 19.6 Å². The molecule has 5 nitrogen and oxygen atoms in total. The van der Waals surface area contributed by atoms with Gasteiger partial charge in [0.15, 0.2) is 0 Å². The third kappa shape index (κ3) is 1.90. The van der Waals surface area contributed by atoms with Gasteiger partial charge in [0.1, 0.15) is 0 Å². The van der Waals surface area contributed by atoms with Crippen LogP contribution in [0.5, 0.6) is 0 Å². The zero-order valence-electron chi connectivity index (χ0n) is 9.00. The van der Waals surface area contributed by atoms with E-state index >= 15 is 0 Å². The van der Waals surface area contributed by atoms with Gasteiger partial charge in [-0.15, -0.1) is 0 Å². The molecule has 2 aliphatic rings. The van der Waals surface area contributed by atoms with E-state index in [2.05, 4.69) is 10.2 Å². The molecule has 5 heteroatoms. The molecular weight excluding hydrogens is 196 g/mol. The van der Waals surface area contributed by atoms with Crippen molar-refractivity contribution in [3.05, 3.63) is 0 Å². The van der Waals surface area contributed by atoms with Gasteiger partial charge in [-0.2, -0.15) is 0 Å². The molecule has 0 bridgehead atoms. The number of aliphatic hydroxyl groups is 3. The summed E-state index contributed by atoms with van der Waals surface area (Å²) >= 11 is 0. The fourth-order valence-corrected chi connectivity index (χ4v) is 2.77. The molecule has 0 radical (unpaired) electrons. The van der Waals surface area contributed by atoms with Gasteiger partial charge in [0.2, 0.25) is 0 Å². The first-order valence-electron chi connectivity index (χ1n) is 5.66. The first-order chi connectivity index (χ1) is 7.15. The largest absolute Gasteiger partial charge is 0.391 e. The lowest BCUT2D eigenvalue weighted by molar-refractivity contribution is -0.101. The van der Waals surface area contributed by atoms with Gasteiger partial charge in [-0.1, -0.05) is 6.92 Å². The summed E-state index contributed by atoms with van der Waals surface area (Å²) in [4.78, 5) is 2.06. The van der Waals surface area contributed by atoms with E-state index < -0.39 is 18.3 Å². The van der Waals surface area contributed by atoms with Crippen LogP contribution in [0.4, 0.5) is 0 Å². The SMILES string of the molecule is CCN[C@H]1CN2CC[C@H](O)C2[C@@H](O)[C@@H]1O. The number of nitrogens with one attached hydrogen (secondary N) is 1. The molecule has 2 aliphatic heterocycles. The Kier molecular flexibility index (Phi) is 3.27. The van der Waals surface area contributed by atoms with Gasteiger partial charge in [0, 0.05) is 19.1 Å². The maximum atomic E-state index is 9.92. The molecule has 0 saturated carbocycles. The minimum absolute atomic E-state index is 0.0912. The zero-order valence-corrected chi connectivity index (χ0v) is 9.00. The van der Waals surface area contributed by atoms with Crippen LogP contribution in [0, 0.1) is 0 Å². The highest BCUT2D eigenvalue weighted by Crippen LogP contribution is 2.28. The van der Waals surface area contributed by atoms with E-state index in [-0.39, 0.29) is 12.1 Å². The van der Waals surface area contributed by atoms with Crippen molar-refractivity contribution in [3.8, 4) is 0 Å². The number of rotatable bonds is 2. The quantitative estimate of drug-likeness (QED) is 0.435. The Morgan fingerprint density at radius 3 is 2.67 bits per heavy atom. The lowest BCUT2D eigenvalue weighted by atomic mass is 9.91. The van der Waals surface area contributed by atoms with Crippen molar-refractivity contribution in [1.29, 1.82) is 0 Å². The second-order valence-corrected chi connectivity index (χ2v) is 4.49. The molecule has 0 aromatic rings. The molecule has 1 unspecified atom stereocenters. The minimum atomic E-state index is -0.847. The second-order valence-electron chi connectivity index (χ2n) is 4.49. The number of nitrogens with zero attached hydrogens (tertiary/aromatic N) is 1. The van der Waals surface area contributed by atoms with Gasteiger partial charge in [-0.05, 0) is 13.0 Å². The summed E-state index contributed by atoms with van der Waals surface area (Å²) in [5.41, 5.74) is 0. The van der Waals surface area contributed by atoms with E-state index in [1.54, 1.807) is 0 Å². The smallest absolute Gasteiger partial charge is 0.0994 e. The lowest BCUT2D eigenvalue weighted by Crippen LogP contribution is -2.64. The molecule has 0 spiro atoms. The van der Waals surface area contributed by atoms with E-state index in [4.69, 9.17) is 0 Å². The van der Waals surface area contributed by atoms with Gasteiger partial charge in [0.05, 0.1) is 24.4 Å². The van der Waals surface area contributed by atoms with Gasteiger partial charge < -0.3 is 20.6 Å². The van der Waals surface area contributed by atoms with E-state index in [1.807, 2.05) is 6.92 Å². The van der Waals surface area contributed by atoms with Crippen LogP contribution in [-0.2, 0) is 0 Å². The van der Waals surface area contributed by atoms with Crippen LogP contribution in [0.3, 0.4) is 0 Å². The van der Waals surface area contributed by atoms with Crippen LogP contribution in [-0.4, -0.2) is 70.2 Å². The molecule has 5 atom stereocenters. The third-order valence-corrected chi connectivity index (χ3v) is 3.54. The molecule has 4 N–H and O–H groups in total. The standard InChI is InChI=1S/C10H20N2O3/c1-2-11-6-5-12-4-3-7(13)8(12)10(15)9(6)14/h6-11,13-15H,2-5H2,1H3/t6-,7-,8?,9+,10+/m0/s1. The Labute approximate surface area is 89.7 Å². The van der Waals surface area contributed by atoms with E-state index in [9.17, 15) is 15.3 Å². The molecule has 0 aromatic carbocycles. The maximum Gasteiger partial charge on any atom is 0.0994 e. The Balaban J connectivity index is 2.07. The van der Waals surface area contributed by atoms with Crippen LogP contribution in [0.25, 0.3) is 0 Å². The van der Waals surface area contributed by atoms with Crippen molar-refractivity contribution in [2.24, 2.45) is 0 Å². The molecule has 88 valence electrons. The summed E-state index contributed by atoms with van der Waals surface area (Å²) in [5.74, 6) is 0. The summed E-state index contributed by atoms with van der Waals surface area (Å²) in [6.45, 7) is 4.25. The van der Waals surface area contributed by atoms with Crippen LogP contribution >= 0.6 is 0 Å². The van der Waals surface area contributed by atoms with Crippen molar-refractivity contribution in [3.63, 3.8) is 0 Å². The first-order valence-corrected chi connectivity index (χ1v) is 5.66. The first kappa shape index (κ1) is 11.3. The van der Waals surface area contributed by atoms with Gasteiger partial charge in [-0.3, -0.25) is 4.90 Å². The Bertz CT molecular complexity index is 225. The lowest BCUT2D eigenvalue weighted by Gasteiger charge is -2.43. The Morgan fingerprint density at radius 2 is 2.00 bits per heavy atom. The molecule has 0 aromatic heterocycles. The van der Waals surface area contributed by atoms with Gasteiger partial charge in [0.25, 0.3) is 0 Å². The summed E-state index contributed by atoms with van der Waals surface area (Å²) in [5, 5.41) is 32.7. The van der Waals surface area contributed by atoms with E-state index in [0.717, 1.165) is 13.1 Å². The van der Waals surface area contributed by atoms with Crippen molar-refractivity contribution in [2.45, 2.75) is 43.7 Å². The summed E-state index contributed by atoms with van der Waals surface area (Å²) < 4.78 is 0. The molecule has 2 rings (SSSR count). The average molecular weight is 216 g/mol. The Morgan fingerprint density at radius 1 is 1.27 bits per heavy atom. The van der Waals surface area contributed by atoms with Crippen LogP contribution < -0.4 is 5.32 Å². The highest BCUT2D eigenvalue weighted by atomic mass is 16.3. The Hall–Kier alpha value is -0.200. The number of aliphatic hydroxyl groups excluding tert-OH is 3. The average Bonchev–Trinajstić information content (AvgIpc) is 2.56. The summed E-state index contributed by atoms with van der Waals surface area (Å²) in [7, 11) is 0. The molecule has 2 heterocycles. The predicted octanol–water partition coefficient (Wildman–Crippen LogP) is -1.86. The van der Waals surface area contributed by atoms with E-state index in [0.29, 0.717) is 13.0 Å². The number of fused-ring (bicyclic) bond motifs is 1. The molecule has 2 fully saturated rings. The molecule has 0 amide bonds. The number of likely N-dealkylation sites (N-methyl/N-ethyl adjacent to an activating group) is 1. The number of hydrogen-bond acceptors (Lipinski definition) is 5. The second kappa shape index (κ2) is 4.35. The van der Waals surface area contributed by atoms with Crippen LogP contribution in [0.1, 0.15) is 13.3 Å². The minimum Gasteiger partial charge on any atom is -0.391 e. The van der Waals surface area contributed by atoms with Crippen molar-refractivity contribution in [1.82, 2.24) is 10.2 Å². The number of piperidine rings is 1. The number of hydrogen-bond donors (Lipinski definition) is 4. The van der Waals surface area contributed by atoms with Crippen molar-refractivity contribution < 1.29 is 15.3 Å². The molecule has 2 saturated heterocycles. The monoisotopic (exact) mass is 216 g/mol. The summed E-state index contributed by atoms with van der Waals surface area (Å²) in [6, 6.07) is -0.374. The van der Waals surface area contributed by atoms with Gasteiger partial charge >= 0.3 is 0 Å². The third-order valence-electron chi connectivity index (χ3n) is 3.54. The molecular formula is C10H20N2O3. The predicted molar refractivity (Wildman–Crippen MR) is 55.5 cm³/mol. The maximum absolute atomic E-state index is 9.92. The molecule has 0 aliphatic carbocycles. The summed E-state index contributed by atoms with van der Waals surface area (Å²) in [6.07, 6.45) is -1.44. The highest BCUT2D eigenvalue weighted by Gasteiger charge is 2.47. The van der Waals surface area contributed by atoms with Crippen LogP contribution in [0.2, 0.25) is 0 Å². The fourth-order valence-electron chi connectivity index (χ4n) is 2.77. The fraction of sp³-hybridized carbons (Fsp3) is 1.00. The highest BCUT2D eigenvalue weighted by molar-refractivity contribution is 5.03. The van der Waals surface area contributed by atoms with Crippen molar-refractivity contribution >= 4 is 0 Å². The normalized spacial score (nSPS) is 46.8. The van der Waals surface area contributed by atoms with Crippen LogP contribution in [0.15, 0.2) is 0 Å². The van der Waals surface area contributed by atoms with Gasteiger partial charge in [-0.25, -0.2) is 0 Å². The topological polar surface area (TPSA) is 76.0 Å². The molecule has 15 heavy (non-hydrogen) atoms. The zero-order chi connectivity index (χ0) is 11.0. The van der Waals surface area contributed by atoms with E-state index in [1.165, 1.54) is 0 Å².